The first-order valence-electron chi connectivity index (χ1n) is 7.31. The Morgan fingerprint density at radius 1 is 1.27 bits per heavy atom. The molecule has 1 aliphatic rings. The normalized spacial score (nSPS) is 18.5. The van der Waals surface area contributed by atoms with Crippen LogP contribution < -0.4 is 0 Å². The number of nitrogens with zero attached hydrogens (tertiary/aromatic N) is 3. The van der Waals surface area contributed by atoms with Gasteiger partial charge < -0.3 is 9.30 Å². The second kappa shape index (κ2) is 6.14. The zero-order chi connectivity index (χ0) is 15.7. The van der Waals surface area contributed by atoms with Crippen LogP contribution in [0.1, 0.15) is 30.0 Å². The quantitative estimate of drug-likeness (QED) is 0.870. The van der Waals surface area contributed by atoms with Crippen LogP contribution in [-0.2, 0) is 24.4 Å². The standard InChI is InChI=1S/C16H19F2N3O/c1-11-16-19-8-13(10-22-2)21(16)6-5-20(11)9-12-3-4-14(17)15(18)7-12/h3-4,7-8,11H,5-6,9-10H2,1-2H3/t11-/m0/s1. The first-order chi connectivity index (χ1) is 10.6. The number of imidazole rings is 1. The summed E-state index contributed by atoms with van der Waals surface area (Å²) in [4.78, 5) is 6.70. The van der Waals surface area contributed by atoms with Gasteiger partial charge in [-0.05, 0) is 24.6 Å². The van der Waals surface area contributed by atoms with Gasteiger partial charge in [-0.2, -0.15) is 0 Å². The third-order valence-corrected chi connectivity index (χ3v) is 4.16. The number of hydrogen-bond acceptors (Lipinski definition) is 3. The van der Waals surface area contributed by atoms with Crippen molar-refractivity contribution < 1.29 is 13.5 Å². The van der Waals surface area contributed by atoms with Crippen molar-refractivity contribution in [2.24, 2.45) is 0 Å². The van der Waals surface area contributed by atoms with Gasteiger partial charge in [0.15, 0.2) is 11.6 Å². The molecule has 0 spiro atoms. The number of fused-ring (bicyclic) bond motifs is 1. The van der Waals surface area contributed by atoms with Crippen LogP contribution in [0.2, 0.25) is 0 Å². The van der Waals surface area contributed by atoms with Gasteiger partial charge in [-0.3, -0.25) is 4.90 Å². The fourth-order valence-electron chi connectivity index (χ4n) is 2.96. The van der Waals surface area contributed by atoms with Crippen LogP contribution in [0.25, 0.3) is 0 Å². The van der Waals surface area contributed by atoms with Gasteiger partial charge in [-0.15, -0.1) is 0 Å². The van der Waals surface area contributed by atoms with Gasteiger partial charge in [0.05, 0.1) is 24.5 Å². The van der Waals surface area contributed by atoms with Crippen LogP contribution in [-0.4, -0.2) is 28.1 Å². The lowest BCUT2D eigenvalue weighted by atomic mass is 10.1. The smallest absolute Gasteiger partial charge is 0.159 e. The Bertz CT molecular complexity index is 671. The molecule has 118 valence electrons. The maximum atomic E-state index is 13.3. The molecule has 22 heavy (non-hydrogen) atoms. The largest absolute Gasteiger partial charge is 0.378 e. The highest BCUT2D eigenvalue weighted by molar-refractivity contribution is 5.19. The van der Waals surface area contributed by atoms with Gasteiger partial charge in [-0.1, -0.05) is 6.07 Å². The van der Waals surface area contributed by atoms with Crippen molar-refractivity contribution in [1.29, 1.82) is 0 Å². The molecule has 0 saturated carbocycles. The Balaban J connectivity index is 1.77. The van der Waals surface area contributed by atoms with Crippen LogP contribution in [0, 0.1) is 11.6 Å². The maximum Gasteiger partial charge on any atom is 0.159 e. The lowest BCUT2D eigenvalue weighted by Crippen LogP contribution is -2.37. The number of halogens is 2. The van der Waals surface area contributed by atoms with E-state index in [0.717, 1.165) is 30.2 Å². The predicted octanol–water partition coefficient (Wildman–Crippen LogP) is 2.88. The highest BCUT2D eigenvalue weighted by Gasteiger charge is 2.27. The molecule has 0 amide bonds. The Labute approximate surface area is 128 Å². The van der Waals surface area contributed by atoms with Crippen molar-refractivity contribution >= 4 is 0 Å². The number of ether oxygens (including phenoxy) is 1. The zero-order valence-electron chi connectivity index (χ0n) is 12.7. The van der Waals surface area contributed by atoms with Crippen LogP contribution in [0.4, 0.5) is 8.78 Å². The van der Waals surface area contributed by atoms with Gasteiger partial charge in [0.1, 0.15) is 5.82 Å². The second-order valence-corrected chi connectivity index (χ2v) is 5.59. The molecule has 2 heterocycles. The minimum atomic E-state index is -0.810. The van der Waals surface area contributed by atoms with E-state index in [1.807, 2.05) is 6.20 Å². The number of hydrogen-bond donors (Lipinski definition) is 0. The second-order valence-electron chi connectivity index (χ2n) is 5.59. The van der Waals surface area contributed by atoms with Gasteiger partial charge in [-0.25, -0.2) is 13.8 Å². The summed E-state index contributed by atoms with van der Waals surface area (Å²) >= 11 is 0. The van der Waals surface area contributed by atoms with E-state index in [0.29, 0.717) is 13.2 Å². The molecule has 2 aromatic rings. The van der Waals surface area contributed by atoms with Crippen LogP contribution in [0.3, 0.4) is 0 Å². The average molecular weight is 307 g/mol. The van der Waals surface area contributed by atoms with Gasteiger partial charge in [0, 0.05) is 26.7 Å². The van der Waals surface area contributed by atoms with E-state index < -0.39 is 11.6 Å². The monoisotopic (exact) mass is 307 g/mol. The maximum absolute atomic E-state index is 13.3. The van der Waals surface area contributed by atoms with Crippen molar-refractivity contribution in [2.75, 3.05) is 13.7 Å². The predicted molar refractivity (Wildman–Crippen MR) is 78.1 cm³/mol. The molecule has 3 rings (SSSR count). The molecule has 1 aromatic heterocycles. The van der Waals surface area contributed by atoms with Gasteiger partial charge in [0.25, 0.3) is 0 Å². The third kappa shape index (κ3) is 2.76. The molecular weight excluding hydrogens is 288 g/mol. The summed E-state index contributed by atoms with van der Waals surface area (Å²) in [6.45, 7) is 4.85. The minimum absolute atomic E-state index is 0.118. The lowest BCUT2D eigenvalue weighted by molar-refractivity contribution is 0.143. The Morgan fingerprint density at radius 2 is 2.09 bits per heavy atom. The highest BCUT2D eigenvalue weighted by atomic mass is 19.2. The van der Waals surface area contributed by atoms with Gasteiger partial charge in [0.2, 0.25) is 0 Å². The van der Waals surface area contributed by atoms with E-state index in [2.05, 4.69) is 21.4 Å². The number of methoxy groups -OCH3 is 1. The molecule has 0 radical (unpaired) electrons. The van der Waals surface area contributed by atoms with Crippen molar-refractivity contribution in [2.45, 2.75) is 32.7 Å². The Hall–Kier alpha value is -1.79. The van der Waals surface area contributed by atoms with E-state index in [1.54, 1.807) is 13.2 Å². The van der Waals surface area contributed by atoms with Crippen molar-refractivity contribution in [3.8, 4) is 0 Å². The molecule has 1 aliphatic heterocycles. The molecule has 0 bridgehead atoms. The minimum Gasteiger partial charge on any atom is -0.378 e. The van der Waals surface area contributed by atoms with Crippen molar-refractivity contribution in [3.63, 3.8) is 0 Å². The fourth-order valence-corrected chi connectivity index (χ4v) is 2.96. The molecule has 0 unspecified atom stereocenters. The van der Waals surface area contributed by atoms with Crippen molar-refractivity contribution in [1.82, 2.24) is 14.5 Å². The van der Waals surface area contributed by atoms with E-state index in [1.165, 1.54) is 12.1 Å². The SMILES string of the molecule is COCc1cnc2n1CCN(Cc1ccc(F)c(F)c1)[C@H]2C. The molecular formula is C16H19F2N3O. The summed E-state index contributed by atoms with van der Waals surface area (Å²) < 4.78 is 33.7. The van der Waals surface area contributed by atoms with E-state index in [9.17, 15) is 8.78 Å². The Morgan fingerprint density at radius 3 is 2.82 bits per heavy atom. The molecule has 1 atom stereocenters. The van der Waals surface area contributed by atoms with Crippen LogP contribution >= 0.6 is 0 Å². The van der Waals surface area contributed by atoms with Crippen LogP contribution in [0.15, 0.2) is 24.4 Å². The van der Waals surface area contributed by atoms with E-state index >= 15 is 0 Å². The first-order valence-corrected chi connectivity index (χ1v) is 7.31. The molecule has 0 N–H and O–H groups in total. The molecule has 1 aromatic carbocycles. The van der Waals surface area contributed by atoms with E-state index in [-0.39, 0.29) is 6.04 Å². The molecule has 0 fully saturated rings. The zero-order valence-corrected chi connectivity index (χ0v) is 12.7. The summed E-state index contributed by atoms with van der Waals surface area (Å²) in [5, 5.41) is 0. The fraction of sp³-hybridized carbons (Fsp3) is 0.438. The first kappa shape index (κ1) is 15.1. The third-order valence-electron chi connectivity index (χ3n) is 4.16. The van der Waals surface area contributed by atoms with Gasteiger partial charge >= 0.3 is 0 Å². The summed E-state index contributed by atoms with van der Waals surface area (Å²) in [5.74, 6) is -0.623. The molecule has 4 nitrogen and oxygen atoms in total. The average Bonchev–Trinajstić information content (AvgIpc) is 2.90. The summed E-state index contributed by atoms with van der Waals surface area (Å²) in [6.07, 6.45) is 1.84. The van der Waals surface area contributed by atoms with Crippen LogP contribution in [0.5, 0.6) is 0 Å². The lowest BCUT2D eigenvalue weighted by Gasteiger charge is -2.34. The number of aromatic nitrogens is 2. The molecule has 0 saturated heterocycles. The molecule has 6 heteroatoms. The summed E-state index contributed by atoms with van der Waals surface area (Å²) in [6, 6.07) is 4.19. The number of rotatable bonds is 4. The van der Waals surface area contributed by atoms with Crippen molar-refractivity contribution in [3.05, 3.63) is 53.1 Å². The summed E-state index contributed by atoms with van der Waals surface area (Å²) in [5.41, 5.74) is 1.83. The molecule has 0 aliphatic carbocycles. The van der Waals surface area contributed by atoms with E-state index in [4.69, 9.17) is 4.74 Å². The number of benzene rings is 1. The topological polar surface area (TPSA) is 30.3 Å². The highest BCUT2D eigenvalue weighted by Crippen LogP contribution is 2.27. The Kier molecular flexibility index (Phi) is 4.22. The summed E-state index contributed by atoms with van der Waals surface area (Å²) in [7, 11) is 1.67.